The molecule has 2 atom stereocenters. The van der Waals surface area contributed by atoms with Gasteiger partial charge < -0.3 is 21.2 Å². The van der Waals surface area contributed by atoms with Crippen molar-refractivity contribution in [2.24, 2.45) is 5.73 Å². The third-order valence-electron chi connectivity index (χ3n) is 2.76. The Morgan fingerprint density at radius 1 is 1.11 bits per heavy atom. The lowest BCUT2D eigenvalue weighted by molar-refractivity contribution is -0.126. The number of hydrogen-bond acceptors (Lipinski definition) is 6. The van der Waals surface area contributed by atoms with Crippen LogP contribution >= 0.6 is 0 Å². The summed E-state index contributed by atoms with van der Waals surface area (Å²) in [7, 11) is 0. The fraction of sp³-hybridized carbons (Fsp3) is 0.636. The Kier molecular flexibility index (Phi) is 6.10. The van der Waals surface area contributed by atoms with Crippen LogP contribution in [0, 0.1) is 0 Å². The van der Waals surface area contributed by atoms with Gasteiger partial charge in [-0.3, -0.25) is 19.7 Å². The number of carbonyl (C=O) groups excluding carboxylic acids is 4. The highest BCUT2D eigenvalue weighted by Crippen LogP contribution is 1.96. The van der Waals surface area contributed by atoms with E-state index in [1.807, 2.05) is 0 Å². The smallest absolute Gasteiger partial charge is 0.239 e. The average molecular weight is 270 g/mol. The van der Waals surface area contributed by atoms with Crippen LogP contribution in [0.1, 0.15) is 12.8 Å². The van der Waals surface area contributed by atoms with Crippen LogP contribution < -0.4 is 21.7 Å². The van der Waals surface area contributed by atoms with Gasteiger partial charge in [0.1, 0.15) is 6.29 Å². The van der Waals surface area contributed by atoms with Gasteiger partial charge >= 0.3 is 0 Å². The summed E-state index contributed by atoms with van der Waals surface area (Å²) >= 11 is 0. The summed E-state index contributed by atoms with van der Waals surface area (Å²) in [5.41, 5.74) is 5.63. The maximum Gasteiger partial charge on any atom is 0.239 e. The second-order valence-electron chi connectivity index (χ2n) is 4.32. The molecule has 0 aromatic rings. The Balaban J connectivity index is 2.64. The molecule has 0 aromatic heterocycles. The highest BCUT2D eigenvalue weighted by Gasteiger charge is 2.18. The van der Waals surface area contributed by atoms with Crippen molar-refractivity contribution in [3.63, 3.8) is 0 Å². The molecule has 1 heterocycles. The molecule has 0 saturated carbocycles. The molecule has 0 bridgehead atoms. The van der Waals surface area contributed by atoms with E-state index in [-0.39, 0.29) is 44.2 Å². The van der Waals surface area contributed by atoms with Crippen molar-refractivity contribution in [3.05, 3.63) is 0 Å². The molecule has 0 aromatic carbocycles. The van der Waals surface area contributed by atoms with Crippen LogP contribution in [0.3, 0.4) is 0 Å². The van der Waals surface area contributed by atoms with Gasteiger partial charge in [0.05, 0.1) is 25.2 Å². The Labute approximate surface area is 110 Å². The van der Waals surface area contributed by atoms with Crippen LogP contribution in [-0.4, -0.2) is 55.6 Å². The molecular formula is C11H18N4O4. The van der Waals surface area contributed by atoms with E-state index in [4.69, 9.17) is 5.73 Å². The molecule has 8 heteroatoms. The highest BCUT2D eigenvalue weighted by molar-refractivity contribution is 5.88. The molecule has 1 aliphatic heterocycles. The first-order valence-electron chi connectivity index (χ1n) is 6.03. The second kappa shape index (κ2) is 7.59. The van der Waals surface area contributed by atoms with Gasteiger partial charge in [0.2, 0.25) is 11.8 Å². The molecule has 1 rings (SSSR count). The van der Waals surface area contributed by atoms with Crippen molar-refractivity contribution < 1.29 is 19.2 Å². The zero-order valence-electron chi connectivity index (χ0n) is 10.5. The largest absolute Gasteiger partial charge is 0.353 e. The van der Waals surface area contributed by atoms with Gasteiger partial charge in [0.25, 0.3) is 0 Å². The predicted molar refractivity (Wildman–Crippen MR) is 66.1 cm³/mol. The third kappa shape index (κ3) is 5.58. The number of carbonyl (C=O) groups is 4. The highest BCUT2D eigenvalue weighted by atomic mass is 16.2. The Bertz CT molecular complexity index is 372. The molecule has 2 amide bonds. The zero-order chi connectivity index (χ0) is 14.3. The normalized spacial score (nSPS) is 27.3. The maximum atomic E-state index is 11.6. The van der Waals surface area contributed by atoms with Crippen LogP contribution in [-0.2, 0) is 19.2 Å². The van der Waals surface area contributed by atoms with Crippen molar-refractivity contribution in [3.8, 4) is 0 Å². The molecule has 106 valence electrons. The molecule has 8 nitrogen and oxygen atoms in total. The summed E-state index contributed by atoms with van der Waals surface area (Å²) < 4.78 is 0. The number of nitrogens with two attached hydrogens (primary N) is 1. The molecule has 19 heavy (non-hydrogen) atoms. The molecule has 0 spiro atoms. The van der Waals surface area contributed by atoms with Crippen molar-refractivity contribution >= 4 is 23.9 Å². The minimum atomic E-state index is -0.755. The SMILES string of the molecule is NC1CCC(=O)NCC(=O)NCC(C=O)NCC1=O. The van der Waals surface area contributed by atoms with E-state index in [2.05, 4.69) is 16.0 Å². The van der Waals surface area contributed by atoms with Gasteiger partial charge in [-0.2, -0.15) is 0 Å². The first kappa shape index (κ1) is 15.3. The van der Waals surface area contributed by atoms with Crippen LogP contribution in [0.25, 0.3) is 0 Å². The lowest BCUT2D eigenvalue weighted by atomic mass is 10.1. The van der Waals surface area contributed by atoms with Crippen molar-refractivity contribution in [2.75, 3.05) is 19.6 Å². The molecule has 1 saturated heterocycles. The van der Waals surface area contributed by atoms with Crippen LogP contribution in [0.2, 0.25) is 0 Å². The van der Waals surface area contributed by atoms with E-state index >= 15 is 0 Å². The first-order valence-corrected chi connectivity index (χ1v) is 6.03. The molecule has 1 fully saturated rings. The first-order chi connectivity index (χ1) is 9.02. The van der Waals surface area contributed by atoms with Crippen LogP contribution in [0.15, 0.2) is 0 Å². The summed E-state index contributed by atoms with van der Waals surface area (Å²) in [6.45, 7) is -0.170. The number of aldehydes is 1. The van der Waals surface area contributed by atoms with Gasteiger partial charge in [-0.1, -0.05) is 0 Å². The Hall–Kier alpha value is -1.80. The van der Waals surface area contributed by atoms with E-state index in [0.717, 1.165) is 0 Å². The lowest BCUT2D eigenvalue weighted by Gasteiger charge is -2.14. The molecule has 1 aliphatic rings. The average Bonchev–Trinajstić information content (AvgIpc) is 2.41. The van der Waals surface area contributed by atoms with E-state index in [1.165, 1.54) is 0 Å². The van der Waals surface area contributed by atoms with Crippen LogP contribution in [0.4, 0.5) is 0 Å². The molecule has 2 unspecified atom stereocenters. The quantitative estimate of drug-likeness (QED) is 0.377. The predicted octanol–water partition coefficient (Wildman–Crippen LogP) is -2.93. The summed E-state index contributed by atoms with van der Waals surface area (Å²) in [6, 6.07) is -1.41. The minimum absolute atomic E-state index is 0.0563. The molecular weight excluding hydrogens is 252 g/mol. The van der Waals surface area contributed by atoms with Gasteiger partial charge in [0.15, 0.2) is 5.78 Å². The van der Waals surface area contributed by atoms with Crippen molar-refractivity contribution in [1.82, 2.24) is 16.0 Å². The molecule has 5 N–H and O–H groups in total. The van der Waals surface area contributed by atoms with Crippen molar-refractivity contribution in [2.45, 2.75) is 24.9 Å². The number of nitrogens with one attached hydrogen (secondary N) is 3. The molecule has 0 aliphatic carbocycles. The second-order valence-corrected chi connectivity index (χ2v) is 4.32. The number of amides is 2. The lowest BCUT2D eigenvalue weighted by Crippen LogP contribution is -2.47. The van der Waals surface area contributed by atoms with Gasteiger partial charge in [-0.15, -0.1) is 0 Å². The Morgan fingerprint density at radius 3 is 2.53 bits per heavy atom. The minimum Gasteiger partial charge on any atom is -0.353 e. The van der Waals surface area contributed by atoms with Gasteiger partial charge in [-0.25, -0.2) is 0 Å². The number of Topliss-reactive ketones (excluding diaryl/α,β-unsaturated/α-hetero) is 1. The summed E-state index contributed by atoms with van der Waals surface area (Å²) in [4.78, 5) is 45.1. The topological polar surface area (TPSA) is 130 Å². The number of ketones is 1. The van der Waals surface area contributed by atoms with E-state index in [9.17, 15) is 19.2 Å². The summed E-state index contributed by atoms with van der Waals surface area (Å²) in [5.74, 6) is -1.00. The zero-order valence-corrected chi connectivity index (χ0v) is 10.5. The van der Waals surface area contributed by atoms with Crippen molar-refractivity contribution in [1.29, 1.82) is 0 Å². The van der Waals surface area contributed by atoms with E-state index in [1.54, 1.807) is 0 Å². The van der Waals surface area contributed by atoms with E-state index < -0.39 is 18.0 Å². The monoisotopic (exact) mass is 270 g/mol. The standard InChI is InChI=1S/C11H18N4O4/c12-8-1-2-10(18)15-5-11(19)14-3-7(6-16)13-4-9(8)17/h6-8,13H,1-5,12H2,(H,14,19)(H,15,18). The number of hydrogen-bond donors (Lipinski definition) is 4. The number of rotatable bonds is 1. The van der Waals surface area contributed by atoms with Crippen LogP contribution in [0.5, 0.6) is 0 Å². The summed E-state index contributed by atoms with van der Waals surface area (Å²) in [6.07, 6.45) is 0.897. The van der Waals surface area contributed by atoms with E-state index in [0.29, 0.717) is 6.29 Å². The maximum absolute atomic E-state index is 11.6. The third-order valence-corrected chi connectivity index (χ3v) is 2.76. The Morgan fingerprint density at radius 2 is 1.84 bits per heavy atom. The van der Waals surface area contributed by atoms with Gasteiger partial charge in [0, 0.05) is 13.0 Å². The summed E-state index contributed by atoms with van der Waals surface area (Å²) in [5, 5.41) is 7.59. The fourth-order valence-electron chi connectivity index (χ4n) is 1.53. The van der Waals surface area contributed by atoms with Gasteiger partial charge in [-0.05, 0) is 6.42 Å². The molecule has 0 radical (unpaired) electrons. The fourth-order valence-corrected chi connectivity index (χ4v) is 1.53.